The highest BCUT2D eigenvalue weighted by atomic mass is 35.5. The van der Waals surface area contributed by atoms with Crippen molar-refractivity contribution in [3.8, 4) is 0 Å². The van der Waals surface area contributed by atoms with Crippen LogP contribution in [0.25, 0.3) is 10.9 Å². The first-order valence-electron chi connectivity index (χ1n) is 4.77. The van der Waals surface area contributed by atoms with Crippen molar-refractivity contribution in [1.29, 1.82) is 0 Å². The number of nitrogens with zero attached hydrogens (tertiary/aromatic N) is 1. The van der Waals surface area contributed by atoms with E-state index in [9.17, 15) is 0 Å². The van der Waals surface area contributed by atoms with E-state index >= 15 is 0 Å². The second-order valence-electron chi connectivity index (χ2n) is 3.55. The molecule has 2 heterocycles. The second-order valence-corrected chi connectivity index (χ2v) is 3.91. The lowest BCUT2D eigenvalue weighted by molar-refractivity contribution is 1.12. The molecule has 0 unspecified atom stereocenters. The van der Waals surface area contributed by atoms with E-state index in [4.69, 9.17) is 11.6 Å². The van der Waals surface area contributed by atoms with Crippen LogP contribution in [0.5, 0.6) is 0 Å². The summed E-state index contributed by atoms with van der Waals surface area (Å²) in [6.07, 6.45) is 2.85. The Hall–Kier alpha value is -1.02. The average Bonchev–Trinajstić information content (AvgIpc) is 2.47. The van der Waals surface area contributed by atoms with Gasteiger partial charge in [-0.25, -0.2) is 4.98 Å². The zero-order valence-corrected chi connectivity index (χ0v) is 9.37. The van der Waals surface area contributed by atoms with Gasteiger partial charge in [0.1, 0.15) is 0 Å². The minimum Gasteiger partial charge on any atom is -0.356 e. The summed E-state index contributed by atoms with van der Waals surface area (Å²) in [6.45, 7) is 6.31. The smallest absolute Gasteiger partial charge is 0.153 e. The molecule has 3 heteroatoms. The van der Waals surface area contributed by atoms with Crippen LogP contribution >= 0.6 is 11.6 Å². The first kappa shape index (κ1) is 9.53. The fraction of sp³-hybridized carbons (Fsp3) is 0.364. The van der Waals surface area contributed by atoms with E-state index < -0.39 is 0 Å². The molecule has 1 N–H and O–H groups in total. The minimum absolute atomic E-state index is 0.563. The van der Waals surface area contributed by atoms with Crippen LogP contribution in [0.4, 0.5) is 0 Å². The third-order valence-electron chi connectivity index (χ3n) is 2.74. The molecule has 0 atom stereocenters. The molecule has 0 amide bonds. The maximum Gasteiger partial charge on any atom is 0.153 e. The maximum absolute atomic E-state index is 6.03. The van der Waals surface area contributed by atoms with E-state index in [0.717, 1.165) is 11.9 Å². The van der Waals surface area contributed by atoms with Gasteiger partial charge in [0.2, 0.25) is 0 Å². The molecule has 2 aromatic heterocycles. The van der Waals surface area contributed by atoms with Crippen molar-refractivity contribution in [1.82, 2.24) is 9.97 Å². The van der Waals surface area contributed by atoms with Gasteiger partial charge in [0.05, 0.1) is 5.52 Å². The van der Waals surface area contributed by atoms with Crippen LogP contribution in [0, 0.1) is 13.8 Å². The van der Waals surface area contributed by atoms with Gasteiger partial charge in [-0.2, -0.15) is 0 Å². The number of hydrogen-bond acceptors (Lipinski definition) is 1. The van der Waals surface area contributed by atoms with Crippen molar-refractivity contribution in [2.45, 2.75) is 27.2 Å². The summed E-state index contributed by atoms with van der Waals surface area (Å²) < 4.78 is 0. The van der Waals surface area contributed by atoms with Gasteiger partial charge < -0.3 is 4.98 Å². The monoisotopic (exact) mass is 208 g/mol. The van der Waals surface area contributed by atoms with Crippen molar-refractivity contribution in [3.05, 3.63) is 28.2 Å². The van der Waals surface area contributed by atoms with Crippen LogP contribution in [0.2, 0.25) is 5.15 Å². The molecule has 14 heavy (non-hydrogen) atoms. The van der Waals surface area contributed by atoms with E-state index in [1.165, 1.54) is 22.2 Å². The maximum atomic E-state index is 6.03. The van der Waals surface area contributed by atoms with Gasteiger partial charge in [0.15, 0.2) is 5.15 Å². The molecule has 0 bridgehead atoms. The predicted molar refractivity (Wildman–Crippen MR) is 60.0 cm³/mol. The van der Waals surface area contributed by atoms with Crippen molar-refractivity contribution < 1.29 is 0 Å². The summed E-state index contributed by atoms with van der Waals surface area (Å²) in [5.41, 5.74) is 4.68. The molecule has 0 aliphatic carbocycles. The lowest BCUT2D eigenvalue weighted by atomic mass is 10.1. The molecular formula is C11H13ClN2. The van der Waals surface area contributed by atoms with E-state index in [0.29, 0.717) is 5.15 Å². The molecule has 0 aromatic carbocycles. The first-order valence-corrected chi connectivity index (χ1v) is 5.15. The topological polar surface area (TPSA) is 28.7 Å². The van der Waals surface area contributed by atoms with Crippen molar-refractivity contribution >= 4 is 22.5 Å². The van der Waals surface area contributed by atoms with E-state index in [2.05, 4.69) is 30.7 Å². The molecule has 0 aliphatic heterocycles. The van der Waals surface area contributed by atoms with Crippen LogP contribution in [-0.4, -0.2) is 9.97 Å². The Balaban J connectivity index is 2.92. The van der Waals surface area contributed by atoms with Crippen LogP contribution in [0.1, 0.15) is 23.7 Å². The summed E-state index contributed by atoms with van der Waals surface area (Å²) in [7, 11) is 0. The Morgan fingerprint density at radius 2 is 2.14 bits per heavy atom. The molecule has 0 fully saturated rings. The lowest BCUT2D eigenvalue weighted by Gasteiger charge is -2.01. The molecule has 74 valence electrons. The number of pyridine rings is 1. The van der Waals surface area contributed by atoms with Gasteiger partial charge >= 0.3 is 0 Å². The Bertz CT molecular complexity index is 485. The minimum atomic E-state index is 0.563. The molecule has 0 saturated heterocycles. The van der Waals surface area contributed by atoms with E-state index in [1.54, 1.807) is 0 Å². The van der Waals surface area contributed by atoms with Crippen LogP contribution < -0.4 is 0 Å². The molecule has 0 aliphatic rings. The highest BCUT2D eigenvalue weighted by Crippen LogP contribution is 2.28. The molecule has 2 aromatic rings. The van der Waals surface area contributed by atoms with Gasteiger partial charge in [0, 0.05) is 17.3 Å². The predicted octanol–water partition coefficient (Wildman–Crippen LogP) is 3.40. The van der Waals surface area contributed by atoms with Crippen molar-refractivity contribution in [2.24, 2.45) is 0 Å². The Morgan fingerprint density at radius 3 is 2.79 bits per heavy atom. The number of halogens is 1. The fourth-order valence-electron chi connectivity index (χ4n) is 1.81. The number of fused-ring (bicyclic) bond motifs is 1. The number of aromatic amines is 1. The van der Waals surface area contributed by atoms with Gasteiger partial charge in [-0.3, -0.25) is 0 Å². The summed E-state index contributed by atoms with van der Waals surface area (Å²) in [5, 5.41) is 1.80. The first-order chi connectivity index (χ1) is 6.65. The quantitative estimate of drug-likeness (QED) is 0.715. The Morgan fingerprint density at radius 1 is 1.43 bits per heavy atom. The summed E-state index contributed by atoms with van der Waals surface area (Å²) in [5.74, 6) is 0. The highest BCUT2D eigenvalue weighted by molar-refractivity contribution is 6.34. The Kier molecular flexibility index (Phi) is 2.23. The molecule has 2 rings (SSSR count). The molecule has 0 radical (unpaired) electrons. The van der Waals surface area contributed by atoms with Gasteiger partial charge in [-0.15, -0.1) is 0 Å². The summed E-state index contributed by atoms with van der Waals surface area (Å²) >= 11 is 6.03. The molecular weight excluding hydrogens is 196 g/mol. The lowest BCUT2D eigenvalue weighted by Crippen LogP contribution is -1.86. The van der Waals surface area contributed by atoms with Crippen LogP contribution in [-0.2, 0) is 6.42 Å². The zero-order chi connectivity index (χ0) is 10.3. The summed E-state index contributed by atoms with van der Waals surface area (Å²) in [4.78, 5) is 7.44. The number of H-pyrrole nitrogens is 1. The largest absolute Gasteiger partial charge is 0.356 e. The standard InChI is InChI=1S/C11H13ClN2/c1-4-8-5-13-11(12)10-9(8)6(2)7(3)14-10/h5,14H,4H2,1-3H3. The Labute approximate surface area is 88.3 Å². The fourth-order valence-corrected chi connectivity index (χ4v) is 2.00. The number of rotatable bonds is 1. The summed E-state index contributed by atoms with van der Waals surface area (Å²) in [6, 6.07) is 0. The number of hydrogen-bond donors (Lipinski definition) is 1. The van der Waals surface area contributed by atoms with Gasteiger partial charge in [0.25, 0.3) is 0 Å². The highest BCUT2D eigenvalue weighted by Gasteiger charge is 2.11. The molecule has 0 saturated carbocycles. The van der Waals surface area contributed by atoms with Crippen LogP contribution in [0.3, 0.4) is 0 Å². The third kappa shape index (κ3) is 1.22. The SMILES string of the molecule is CCc1cnc(Cl)c2[nH]c(C)c(C)c12. The third-order valence-corrected chi connectivity index (χ3v) is 3.03. The number of nitrogens with one attached hydrogen (secondary N) is 1. The normalized spacial score (nSPS) is 11.1. The van der Waals surface area contributed by atoms with Crippen molar-refractivity contribution in [2.75, 3.05) is 0 Å². The average molecular weight is 209 g/mol. The molecule has 0 spiro atoms. The van der Waals surface area contributed by atoms with Gasteiger partial charge in [-0.1, -0.05) is 18.5 Å². The number of aromatic nitrogens is 2. The second kappa shape index (κ2) is 3.28. The van der Waals surface area contributed by atoms with E-state index in [1.807, 2.05) is 6.20 Å². The molecule has 2 nitrogen and oxygen atoms in total. The van der Waals surface area contributed by atoms with Crippen molar-refractivity contribution in [3.63, 3.8) is 0 Å². The zero-order valence-electron chi connectivity index (χ0n) is 8.61. The van der Waals surface area contributed by atoms with Gasteiger partial charge in [-0.05, 0) is 31.4 Å². The van der Waals surface area contributed by atoms with E-state index in [-0.39, 0.29) is 0 Å². The van der Waals surface area contributed by atoms with Crippen LogP contribution in [0.15, 0.2) is 6.20 Å². The number of aryl methyl sites for hydroxylation is 3.